The van der Waals surface area contributed by atoms with Gasteiger partial charge in [0.25, 0.3) is 5.91 Å². The quantitative estimate of drug-likeness (QED) is 0.594. The molecule has 2 N–H and O–H groups in total. The van der Waals surface area contributed by atoms with Crippen LogP contribution in [0, 0.1) is 0 Å². The predicted octanol–water partition coefficient (Wildman–Crippen LogP) is 3.53. The Hall–Kier alpha value is -3.14. The Morgan fingerprint density at radius 2 is 1.65 bits per heavy atom. The SMILES string of the molecule is CC(=O)Oc1ccc2cc(-c3ccccc3)ccc2c1C(N)=O. The van der Waals surface area contributed by atoms with E-state index in [1.807, 2.05) is 54.6 Å². The molecule has 3 aromatic rings. The van der Waals surface area contributed by atoms with E-state index in [0.717, 1.165) is 16.5 Å². The van der Waals surface area contributed by atoms with Crippen LogP contribution in [0.25, 0.3) is 21.9 Å². The van der Waals surface area contributed by atoms with Crippen LogP contribution in [0.2, 0.25) is 0 Å². The van der Waals surface area contributed by atoms with E-state index < -0.39 is 11.9 Å². The zero-order chi connectivity index (χ0) is 16.4. The van der Waals surface area contributed by atoms with Gasteiger partial charge in [0, 0.05) is 6.92 Å². The molecule has 0 aliphatic heterocycles. The molecule has 0 spiro atoms. The summed E-state index contributed by atoms with van der Waals surface area (Å²) in [5, 5.41) is 1.52. The molecule has 3 rings (SSSR count). The van der Waals surface area contributed by atoms with Crippen molar-refractivity contribution >= 4 is 22.6 Å². The number of rotatable bonds is 3. The topological polar surface area (TPSA) is 69.4 Å². The molecule has 3 aromatic carbocycles. The molecule has 114 valence electrons. The summed E-state index contributed by atoms with van der Waals surface area (Å²) in [6.07, 6.45) is 0. The largest absolute Gasteiger partial charge is 0.426 e. The lowest BCUT2D eigenvalue weighted by atomic mass is 9.97. The van der Waals surface area contributed by atoms with Gasteiger partial charge in [0.15, 0.2) is 0 Å². The average Bonchev–Trinajstić information content (AvgIpc) is 2.54. The molecule has 0 atom stereocenters. The van der Waals surface area contributed by atoms with E-state index in [-0.39, 0.29) is 11.3 Å². The molecule has 0 fully saturated rings. The maximum Gasteiger partial charge on any atom is 0.308 e. The first-order chi connectivity index (χ1) is 11.1. The number of amides is 1. The fraction of sp³-hybridized carbons (Fsp3) is 0.0526. The van der Waals surface area contributed by atoms with E-state index in [4.69, 9.17) is 10.5 Å². The molecular weight excluding hydrogens is 290 g/mol. The number of fused-ring (bicyclic) bond motifs is 1. The fourth-order valence-corrected chi connectivity index (χ4v) is 2.61. The predicted molar refractivity (Wildman–Crippen MR) is 89.2 cm³/mol. The number of benzene rings is 3. The van der Waals surface area contributed by atoms with Gasteiger partial charge in [0.05, 0.1) is 5.56 Å². The second-order valence-corrected chi connectivity index (χ2v) is 5.20. The monoisotopic (exact) mass is 305 g/mol. The Morgan fingerprint density at radius 1 is 0.913 bits per heavy atom. The lowest BCUT2D eigenvalue weighted by Crippen LogP contribution is -2.15. The number of ether oxygens (including phenoxy) is 1. The lowest BCUT2D eigenvalue weighted by Gasteiger charge is -2.11. The highest BCUT2D eigenvalue weighted by Gasteiger charge is 2.16. The van der Waals surface area contributed by atoms with E-state index in [1.165, 1.54) is 6.92 Å². The Bertz CT molecular complexity index is 901. The first-order valence-electron chi connectivity index (χ1n) is 7.16. The highest BCUT2D eigenvalue weighted by atomic mass is 16.5. The van der Waals surface area contributed by atoms with Crippen molar-refractivity contribution in [2.24, 2.45) is 5.73 Å². The molecule has 0 aromatic heterocycles. The summed E-state index contributed by atoms with van der Waals surface area (Å²) in [6.45, 7) is 1.29. The minimum Gasteiger partial charge on any atom is -0.426 e. The summed E-state index contributed by atoms with van der Waals surface area (Å²) in [7, 11) is 0. The fourth-order valence-electron chi connectivity index (χ4n) is 2.61. The van der Waals surface area contributed by atoms with Gasteiger partial charge in [-0.3, -0.25) is 9.59 Å². The maximum absolute atomic E-state index is 11.8. The van der Waals surface area contributed by atoms with Crippen molar-refractivity contribution in [3.05, 3.63) is 66.2 Å². The Kier molecular flexibility index (Phi) is 3.81. The van der Waals surface area contributed by atoms with Gasteiger partial charge < -0.3 is 10.5 Å². The van der Waals surface area contributed by atoms with E-state index in [9.17, 15) is 9.59 Å². The molecule has 4 heteroatoms. The summed E-state index contributed by atoms with van der Waals surface area (Å²) in [5.41, 5.74) is 7.81. The van der Waals surface area contributed by atoms with Crippen molar-refractivity contribution < 1.29 is 14.3 Å². The minimum absolute atomic E-state index is 0.185. The Labute approximate surface area is 133 Å². The van der Waals surface area contributed by atoms with Gasteiger partial charge in [-0.25, -0.2) is 0 Å². The van der Waals surface area contributed by atoms with Crippen LogP contribution in [0.3, 0.4) is 0 Å². The van der Waals surface area contributed by atoms with Crippen molar-refractivity contribution in [2.45, 2.75) is 6.92 Å². The summed E-state index contributed by atoms with van der Waals surface area (Å²) in [6, 6.07) is 19.1. The van der Waals surface area contributed by atoms with E-state index in [2.05, 4.69) is 0 Å². The highest BCUT2D eigenvalue weighted by molar-refractivity contribution is 6.09. The van der Waals surface area contributed by atoms with Gasteiger partial charge in [-0.15, -0.1) is 0 Å². The van der Waals surface area contributed by atoms with E-state index >= 15 is 0 Å². The average molecular weight is 305 g/mol. The second kappa shape index (κ2) is 5.93. The number of carbonyl (C=O) groups excluding carboxylic acids is 2. The van der Waals surface area contributed by atoms with Crippen molar-refractivity contribution in [2.75, 3.05) is 0 Å². The summed E-state index contributed by atoms with van der Waals surface area (Å²) < 4.78 is 5.09. The van der Waals surface area contributed by atoms with E-state index in [0.29, 0.717) is 5.39 Å². The zero-order valence-corrected chi connectivity index (χ0v) is 12.6. The van der Waals surface area contributed by atoms with Crippen LogP contribution in [0.1, 0.15) is 17.3 Å². The molecule has 0 bridgehead atoms. The number of nitrogens with two attached hydrogens (primary N) is 1. The third kappa shape index (κ3) is 2.92. The third-order valence-electron chi connectivity index (χ3n) is 3.59. The number of hydrogen-bond donors (Lipinski definition) is 1. The highest BCUT2D eigenvalue weighted by Crippen LogP contribution is 2.31. The molecule has 0 saturated heterocycles. The normalized spacial score (nSPS) is 10.5. The van der Waals surface area contributed by atoms with Gasteiger partial charge in [0.1, 0.15) is 5.75 Å². The standard InChI is InChI=1S/C19H15NO3/c1-12(21)23-17-10-8-15-11-14(13-5-3-2-4-6-13)7-9-16(15)18(17)19(20)22/h2-11H,1H3,(H2,20,22). The summed E-state index contributed by atoms with van der Waals surface area (Å²) >= 11 is 0. The molecule has 0 heterocycles. The van der Waals surface area contributed by atoms with Gasteiger partial charge in [0.2, 0.25) is 0 Å². The molecule has 0 radical (unpaired) electrons. The molecule has 1 amide bonds. The maximum atomic E-state index is 11.8. The Morgan fingerprint density at radius 3 is 2.30 bits per heavy atom. The molecule has 0 aliphatic rings. The molecule has 0 unspecified atom stereocenters. The van der Waals surface area contributed by atoms with E-state index in [1.54, 1.807) is 6.07 Å². The van der Waals surface area contributed by atoms with Crippen LogP contribution in [0.4, 0.5) is 0 Å². The molecular formula is C19H15NO3. The number of hydrogen-bond acceptors (Lipinski definition) is 3. The van der Waals surface area contributed by atoms with Crippen molar-refractivity contribution in [1.29, 1.82) is 0 Å². The summed E-state index contributed by atoms with van der Waals surface area (Å²) in [5.74, 6) is -0.933. The third-order valence-corrected chi connectivity index (χ3v) is 3.59. The minimum atomic E-state index is -0.626. The number of primary amides is 1. The van der Waals surface area contributed by atoms with Crippen LogP contribution in [0.15, 0.2) is 60.7 Å². The second-order valence-electron chi connectivity index (χ2n) is 5.20. The van der Waals surface area contributed by atoms with Crippen LogP contribution in [-0.4, -0.2) is 11.9 Å². The smallest absolute Gasteiger partial charge is 0.308 e. The molecule has 0 saturated carbocycles. The van der Waals surface area contributed by atoms with Crippen molar-refractivity contribution in [3.8, 4) is 16.9 Å². The number of esters is 1. The van der Waals surface area contributed by atoms with Crippen LogP contribution >= 0.6 is 0 Å². The van der Waals surface area contributed by atoms with Crippen molar-refractivity contribution in [3.63, 3.8) is 0 Å². The van der Waals surface area contributed by atoms with Crippen LogP contribution in [-0.2, 0) is 4.79 Å². The first-order valence-corrected chi connectivity index (χ1v) is 7.16. The van der Waals surface area contributed by atoms with Crippen LogP contribution in [0.5, 0.6) is 5.75 Å². The van der Waals surface area contributed by atoms with Crippen molar-refractivity contribution in [1.82, 2.24) is 0 Å². The Balaban J connectivity index is 2.19. The van der Waals surface area contributed by atoms with Gasteiger partial charge >= 0.3 is 5.97 Å². The number of carbonyl (C=O) groups is 2. The first kappa shape index (κ1) is 14.8. The van der Waals surface area contributed by atoms with Gasteiger partial charge in [-0.2, -0.15) is 0 Å². The lowest BCUT2D eigenvalue weighted by molar-refractivity contribution is -0.131. The molecule has 0 aliphatic carbocycles. The summed E-state index contributed by atoms with van der Waals surface area (Å²) in [4.78, 5) is 23.0. The van der Waals surface area contributed by atoms with Crippen LogP contribution < -0.4 is 10.5 Å². The van der Waals surface area contributed by atoms with Gasteiger partial charge in [-0.05, 0) is 34.0 Å². The van der Waals surface area contributed by atoms with Gasteiger partial charge in [-0.1, -0.05) is 48.5 Å². The zero-order valence-electron chi connectivity index (χ0n) is 12.6. The molecule has 23 heavy (non-hydrogen) atoms. The molecule has 4 nitrogen and oxygen atoms in total.